The topological polar surface area (TPSA) is 86.5 Å². The highest BCUT2D eigenvalue weighted by atomic mass is 16.6. The average molecular weight is 203 g/mol. The number of hydrogen-bond donors (Lipinski definition) is 0. The van der Waals surface area contributed by atoms with Gasteiger partial charge in [0.2, 0.25) is 6.54 Å². The van der Waals surface area contributed by atoms with Gasteiger partial charge in [-0.3, -0.25) is 19.7 Å². The summed E-state index contributed by atoms with van der Waals surface area (Å²) >= 11 is 0. The molecule has 0 bridgehead atoms. The van der Waals surface area contributed by atoms with Gasteiger partial charge in [-0.05, 0) is 13.8 Å². The first-order chi connectivity index (χ1) is 6.47. The Morgan fingerprint density at radius 3 is 2.43 bits per heavy atom. The summed E-state index contributed by atoms with van der Waals surface area (Å²) in [7, 11) is 0. The van der Waals surface area contributed by atoms with Gasteiger partial charge in [0.15, 0.2) is 0 Å². The van der Waals surface area contributed by atoms with E-state index in [1.165, 1.54) is 6.92 Å². The van der Waals surface area contributed by atoms with Gasteiger partial charge in [0.05, 0.1) is 6.61 Å². The molecular weight excluding hydrogens is 190 g/mol. The second kappa shape index (κ2) is 6.06. The van der Waals surface area contributed by atoms with Gasteiger partial charge in [-0.25, -0.2) is 0 Å². The van der Waals surface area contributed by atoms with Crippen molar-refractivity contribution in [2.24, 2.45) is 5.92 Å². The molecule has 0 aliphatic heterocycles. The fourth-order valence-corrected chi connectivity index (χ4v) is 1.01. The molecule has 0 heterocycles. The Morgan fingerprint density at radius 2 is 2.07 bits per heavy atom. The van der Waals surface area contributed by atoms with Gasteiger partial charge in [0.25, 0.3) is 0 Å². The lowest BCUT2D eigenvalue weighted by molar-refractivity contribution is -0.486. The molecule has 0 aliphatic rings. The van der Waals surface area contributed by atoms with E-state index in [0.717, 1.165) is 0 Å². The Kier molecular flexibility index (Phi) is 5.43. The number of ketones is 1. The number of carbonyl (C=O) groups excluding carboxylic acids is 2. The van der Waals surface area contributed by atoms with Crippen molar-refractivity contribution in [2.75, 3.05) is 13.2 Å². The van der Waals surface area contributed by atoms with Crippen LogP contribution in [-0.2, 0) is 14.3 Å². The Bertz CT molecular complexity index is 222. The van der Waals surface area contributed by atoms with Crippen LogP contribution in [0.1, 0.15) is 20.3 Å². The van der Waals surface area contributed by atoms with E-state index in [4.69, 9.17) is 0 Å². The van der Waals surface area contributed by atoms with Crippen LogP contribution < -0.4 is 0 Å². The molecule has 0 rings (SSSR count). The fourth-order valence-electron chi connectivity index (χ4n) is 1.01. The molecule has 0 N–H and O–H groups in total. The van der Waals surface area contributed by atoms with Gasteiger partial charge in [0.1, 0.15) is 11.7 Å². The van der Waals surface area contributed by atoms with Crippen LogP contribution in [0.5, 0.6) is 0 Å². The molecule has 14 heavy (non-hydrogen) atoms. The minimum atomic E-state index is -0.956. The van der Waals surface area contributed by atoms with Gasteiger partial charge in [-0.1, -0.05) is 0 Å². The summed E-state index contributed by atoms with van der Waals surface area (Å²) < 4.78 is 4.61. The predicted octanol–water partition coefficient (Wildman–Crippen LogP) is 0.422. The van der Waals surface area contributed by atoms with Gasteiger partial charge in [-0.15, -0.1) is 0 Å². The van der Waals surface area contributed by atoms with Crippen LogP contribution in [0.15, 0.2) is 0 Å². The number of hydrogen-bond acceptors (Lipinski definition) is 5. The van der Waals surface area contributed by atoms with E-state index < -0.39 is 23.4 Å². The Hall–Kier alpha value is -1.46. The van der Waals surface area contributed by atoms with Crippen molar-refractivity contribution in [3.8, 4) is 0 Å². The van der Waals surface area contributed by atoms with Crippen molar-refractivity contribution in [3.63, 3.8) is 0 Å². The maximum Gasteiger partial charge on any atom is 0.316 e. The van der Waals surface area contributed by atoms with E-state index in [2.05, 4.69) is 4.74 Å². The van der Waals surface area contributed by atoms with E-state index in [-0.39, 0.29) is 18.8 Å². The van der Waals surface area contributed by atoms with Gasteiger partial charge in [-0.2, -0.15) is 0 Å². The van der Waals surface area contributed by atoms with Crippen molar-refractivity contribution in [1.82, 2.24) is 0 Å². The summed E-state index contributed by atoms with van der Waals surface area (Å²) in [4.78, 5) is 31.4. The molecule has 0 fully saturated rings. The summed E-state index contributed by atoms with van der Waals surface area (Å²) in [6.45, 7) is 2.49. The van der Waals surface area contributed by atoms with Crippen LogP contribution >= 0.6 is 0 Å². The second-order valence-corrected chi connectivity index (χ2v) is 2.87. The molecule has 0 saturated heterocycles. The van der Waals surface area contributed by atoms with E-state index in [9.17, 15) is 19.7 Å². The Morgan fingerprint density at radius 1 is 1.50 bits per heavy atom. The predicted molar refractivity (Wildman–Crippen MR) is 47.3 cm³/mol. The van der Waals surface area contributed by atoms with Crippen molar-refractivity contribution in [3.05, 3.63) is 10.1 Å². The molecule has 0 amide bonds. The molecular formula is C8H13NO5. The second-order valence-electron chi connectivity index (χ2n) is 2.87. The number of Topliss-reactive ketones (excluding diaryl/α,β-unsaturated/α-hetero) is 1. The molecule has 0 radical (unpaired) electrons. The number of ether oxygens (including phenoxy) is 1. The van der Waals surface area contributed by atoms with Crippen LogP contribution in [0.4, 0.5) is 0 Å². The van der Waals surface area contributed by atoms with Crippen LogP contribution in [-0.4, -0.2) is 29.8 Å². The first-order valence-electron chi connectivity index (χ1n) is 4.25. The third-order valence-electron chi connectivity index (χ3n) is 1.52. The smallest absolute Gasteiger partial charge is 0.316 e. The molecule has 0 aromatic carbocycles. The highest BCUT2D eigenvalue weighted by molar-refractivity contribution is 5.82. The monoisotopic (exact) mass is 203 g/mol. The van der Waals surface area contributed by atoms with Gasteiger partial charge >= 0.3 is 5.97 Å². The molecule has 0 aromatic rings. The lowest BCUT2D eigenvalue weighted by Gasteiger charge is -2.09. The quantitative estimate of drug-likeness (QED) is 0.354. The third kappa shape index (κ3) is 5.23. The van der Waals surface area contributed by atoms with Crippen LogP contribution in [0.2, 0.25) is 0 Å². The summed E-state index contributed by atoms with van der Waals surface area (Å²) in [5, 5.41) is 10.2. The molecule has 1 atom stereocenters. The SMILES string of the molecule is CCOC(=O)C(CC(C)=O)C[N+](=O)[O-]. The number of carbonyl (C=O) groups is 2. The third-order valence-corrected chi connectivity index (χ3v) is 1.52. The zero-order valence-corrected chi connectivity index (χ0v) is 8.19. The molecule has 0 aromatic heterocycles. The maximum absolute atomic E-state index is 11.1. The summed E-state index contributed by atoms with van der Waals surface area (Å²) in [6.07, 6.45) is -0.139. The van der Waals surface area contributed by atoms with E-state index in [1.54, 1.807) is 6.92 Å². The van der Waals surface area contributed by atoms with E-state index in [1.807, 2.05) is 0 Å². The van der Waals surface area contributed by atoms with Crippen LogP contribution in [0.25, 0.3) is 0 Å². The molecule has 0 aliphatic carbocycles. The number of nitrogens with zero attached hydrogens (tertiary/aromatic N) is 1. The molecule has 0 saturated carbocycles. The highest BCUT2D eigenvalue weighted by Gasteiger charge is 2.26. The summed E-state index contributed by atoms with van der Waals surface area (Å²) in [6, 6.07) is 0. The zero-order valence-electron chi connectivity index (χ0n) is 8.19. The minimum absolute atomic E-state index is 0.139. The lowest BCUT2D eigenvalue weighted by Crippen LogP contribution is -2.27. The van der Waals surface area contributed by atoms with Crippen LogP contribution in [0, 0.1) is 16.0 Å². The fraction of sp³-hybridized carbons (Fsp3) is 0.750. The zero-order chi connectivity index (χ0) is 11.1. The van der Waals surface area contributed by atoms with Crippen LogP contribution in [0.3, 0.4) is 0 Å². The first-order valence-corrected chi connectivity index (χ1v) is 4.25. The first kappa shape index (κ1) is 12.5. The maximum atomic E-state index is 11.1. The standard InChI is InChI=1S/C8H13NO5/c1-3-14-8(11)7(4-6(2)10)5-9(12)13/h7H,3-5H2,1-2H3. The lowest BCUT2D eigenvalue weighted by atomic mass is 10.0. The van der Waals surface area contributed by atoms with Gasteiger partial charge < -0.3 is 4.74 Å². The molecule has 80 valence electrons. The summed E-state index contributed by atoms with van der Waals surface area (Å²) in [5.74, 6) is -1.90. The van der Waals surface area contributed by atoms with E-state index in [0.29, 0.717) is 0 Å². The highest BCUT2D eigenvalue weighted by Crippen LogP contribution is 2.07. The largest absolute Gasteiger partial charge is 0.466 e. The van der Waals surface area contributed by atoms with Crippen molar-refractivity contribution in [1.29, 1.82) is 0 Å². The normalized spacial score (nSPS) is 11.9. The number of rotatable bonds is 6. The average Bonchev–Trinajstić information content (AvgIpc) is 2.01. The Balaban J connectivity index is 4.29. The number of nitro groups is 1. The molecule has 6 nitrogen and oxygen atoms in total. The molecule has 6 heteroatoms. The number of esters is 1. The van der Waals surface area contributed by atoms with Crippen molar-refractivity contribution in [2.45, 2.75) is 20.3 Å². The van der Waals surface area contributed by atoms with Gasteiger partial charge in [0, 0.05) is 11.3 Å². The van der Waals surface area contributed by atoms with Crippen molar-refractivity contribution >= 4 is 11.8 Å². The minimum Gasteiger partial charge on any atom is -0.466 e. The summed E-state index contributed by atoms with van der Waals surface area (Å²) in [5.41, 5.74) is 0. The van der Waals surface area contributed by atoms with E-state index >= 15 is 0 Å². The Labute approximate surface area is 81.4 Å². The molecule has 1 unspecified atom stereocenters. The van der Waals surface area contributed by atoms with Crippen molar-refractivity contribution < 1.29 is 19.2 Å². The molecule has 0 spiro atoms.